The van der Waals surface area contributed by atoms with Crippen LogP contribution in [0.2, 0.25) is 0 Å². The van der Waals surface area contributed by atoms with E-state index < -0.39 is 39.0 Å². The van der Waals surface area contributed by atoms with Crippen LogP contribution < -0.4 is 0 Å². The molecule has 1 N–H and O–H groups in total. The van der Waals surface area contributed by atoms with E-state index in [1.54, 1.807) is 16.7 Å². The molecule has 0 bridgehead atoms. The summed E-state index contributed by atoms with van der Waals surface area (Å²) in [7, 11) is 0. The van der Waals surface area contributed by atoms with Gasteiger partial charge in [-0.2, -0.15) is 0 Å². The van der Waals surface area contributed by atoms with Gasteiger partial charge < -0.3 is 19.6 Å². The molecule has 218 valence electrons. The summed E-state index contributed by atoms with van der Waals surface area (Å²) in [5.74, 6) is -1.95. The van der Waals surface area contributed by atoms with E-state index in [0.29, 0.717) is 19.6 Å². The first kappa shape index (κ1) is 30.2. The van der Waals surface area contributed by atoms with Gasteiger partial charge in [-0.3, -0.25) is 14.4 Å². The van der Waals surface area contributed by atoms with Crippen LogP contribution in [0.15, 0.2) is 24.3 Å². The fraction of sp³-hybridized carbons (Fsp3) is 0.774. The molecule has 0 radical (unpaired) electrons. The number of fused-ring (bicyclic) bond motifs is 2. The van der Waals surface area contributed by atoms with Crippen molar-refractivity contribution in [2.24, 2.45) is 23.2 Å². The number of carbonyl (C=O) groups excluding carboxylic acids is 3. The Morgan fingerprint density at radius 3 is 2.38 bits per heavy atom. The quantitative estimate of drug-likeness (QED) is 0.378. The second-order valence-corrected chi connectivity index (χ2v) is 16.1. The smallest absolute Gasteiger partial charge is 0.311 e. The van der Waals surface area contributed by atoms with Gasteiger partial charge in [-0.05, 0) is 57.8 Å². The molecule has 7 nitrogen and oxygen atoms in total. The van der Waals surface area contributed by atoms with Gasteiger partial charge in [0.2, 0.25) is 11.8 Å². The van der Waals surface area contributed by atoms with Crippen molar-refractivity contribution in [1.29, 1.82) is 0 Å². The second kappa shape index (κ2) is 10.6. The normalized spacial score (nSPS) is 35.0. The first-order chi connectivity index (χ1) is 18.1. The summed E-state index contributed by atoms with van der Waals surface area (Å²) >= 11 is 1.57. The average Bonchev–Trinajstić information content (AvgIpc) is 3.15. The second-order valence-electron chi connectivity index (χ2n) is 14.3. The van der Waals surface area contributed by atoms with E-state index in [0.717, 1.165) is 19.3 Å². The molecule has 0 aromatic heterocycles. The summed E-state index contributed by atoms with van der Waals surface area (Å²) in [6.07, 6.45) is 11.1. The lowest BCUT2D eigenvalue weighted by molar-refractivity contribution is -0.155. The minimum atomic E-state index is -0.937. The zero-order valence-electron chi connectivity index (χ0n) is 25.0. The zero-order chi connectivity index (χ0) is 29.0. The molecule has 0 aromatic rings. The molecule has 4 aliphatic rings. The molecule has 1 unspecified atom stereocenters. The number of cyclic esters (lactones) is 1. The Balaban J connectivity index is 1.89. The van der Waals surface area contributed by atoms with Gasteiger partial charge in [-0.15, -0.1) is 11.8 Å². The number of rotatable bonds is 6. The molecule has 0 aromatic carbocycles. The molecular weight excluding hydrogens is 512 g/mol. The number of hydrogen-bond acceptors (Lipinski definition) is 6. The number of thioether (sulfide) groups is 1. The fourth-order valence-corrected chi connectivity index (χ4v) is 9.86. The number of likely N-dealkylation sites (tertiary alicyclic amines) is 1. The molecule has 6 atom stereocenters. The summed E-state index contributed by atoms with van der Waals surface area (Å²) < 4.78 is 4.09. The van der Waals surface area contributed by atoms with Gasteiger partial charge >= 0.3 is 5.97 Å². The van der Waals surface area contributed by atoms with Gasteiger partial charge in [0.15, 0.2) is 0 Å². The summed E-state index contributed by atoms with van der Waals surface area (Å²) in [6, 6.07) is -1.33. The monoisotopic (exact) mass is 560 g/mol. The molecular formula is C31H48N2O5S. The molecule has 8 heteroatoms. The van der Waals surface area contributed by atoms with E-state index in [2.05, 4.69) is 60.6 Å². The third kappa shape index (κ3) is 5.32. The number of hydrogen-bond donors (Lipinski definition) is 1. The predicted octanol–water partition coefficient (Wildman–Crippen LogP) is 4.59. The van der Waals surface area contributed by atoms with Crippen molar-refractivity contribution in [3.05, 3.63) is 24.3 Å². The number of ether oxygens (including phenoxy) is 1. The minimum absolute atomic E-state index is 0.00936. The maximum atomic E-state index is 14.8. The van der Waals surface area contributed by atoms with Crippen LogP contribution in [0, 0.1) is 23.2 Å². The van der Waals surface area contributed by atoms with Crippen molar-refractivity contribution < 1.29 is 24.2 Å². The van der Waals surface area contributed by atoms with E-state index >= 15 is 0 Å². The number of amides is 2. The van der Waals surface area contributed by atoms with Crippen molar-refractivity contribution >= 4 is 29.5 Å². The lowest BCUT2D eigenvalue weighted by Gasteiger charge is -2.46. The highest BCUT2D eigenvalue weighted by atomic mass is 32.2. The highest BCUT2D eigenvalue weighted by molar-refractivity contribution is 8.02. The van der Waals surface area contributed by atoms with Crippen molar-refractivity contribution in [3.63, 3.8) is 0 Å². The molecule has 2 amide bonds. The largest absolute Gasteiger partial charge is 0.465 e. The van der Waals surface area contributed by atoms with Crippen LogP contribution in [-0.2, 0) is 19.1 Å². The van der Waals surface area contributed by atoms with Crippen molar-refractivity contribution in [2.75, 3.05) is 19.8 Å². The van der Waals surface area contributed by atoms with Crippen LogP contribution >= 0.6 is 11.8 Å². The minimum Gasteiger partial charge on any atom is -0.465 e. The molecule has 4 rings (SSSR count). The van der Waals surface area contributed by atoms with E-state index in [1.807, 2.05) is 24.0 Å². The Bertz CT molecular complexity index is 1050. The number of aliphatic hydroxyl groups excluding tert-OH is 1. The third-order valence-corrected chi connectivity index (χ3v) is 10.5. The Labute approximate surface area is 238 Å². The SMILES string of the molecule is CC(C)C[C@H](CO)N1C(=O)[C@@H]2[C@H]3C(=O)OCCC/C=C\[C@@]3(C)S[C@@]23C=CCN(C(C)(C)CC(C)(C)C)C(=O)C13. The predicted molar refractivity (Wildman–Crippen MR) is 155 cm³/mol. The standard InChI is InChI=1S/C31H48N2O5S/c1-20(2)17-21(18-34)33-24-26(36)32(29(6,7)19-28(3,4)5)15-12-14-31(24)22(25(33)35)23-27(37)38-16-11-9-10-13-30(23,8)39-31/h10,12-14,20-24,34H,9,11,15-19H2,1-8H3/b13-10-/t21-,22+,23+,24?,30-,31+/m1/s1. The lowest BCUT2D eigenvalue weighted by atomic mass is 9.74. The van der Waals surface area contributed by atoms with Crippen molar-refractivity contribution in [1.82, 2.24) is 9.80 Å². The molecule has 2 fully saturated rings. The highest BCUT2D eigenvalue weighted by Gasteiger charge is 2.74. The Kier molecular flexibility index (Phi) is 8.16. The maximum Gasteiger partial charge on any atom is 0.311 e. The Morgan fingerprint density at radius 1 is 1.08 bits per heavy atom. The van der Waals surface area contributed by atoms with E-state index in [4.69, 9.17) is 4.74 Å². The summed E-state index contributed by atoms with van der Waals surface area (Å²) in [6.45, 7) is 17.3. The Hall–Kier alpha value is -1.80. The van der Waals surface area contributed by atoms with Crippen LogP contribution in [0.3, 0.4) is 0 Å². The van der Waals surface area contributed by atoms with E-state index in [-0.39, 0.29) is 35.7 Å². The summed E-state index contributed by atoms with van der Waals surface area (Å²) in [5, 5.41) is 10.5. The van der Waals surface area contributed by atoms with Crippen LogP contribution in [0.1, 0.15) is 81.1 Å². The van der Waals surface area contributed by atoms with Crippen molar-refractivity contribution in [3.8, 4) is 0 Å². The van der Waals surface area contributed by atoms with E-state index in [1.165, 1.54) is 0 Å². The molecule has 0 aliphatic carbocycles. The van der Waals surface area contributed by atoms with Gasteiger partial charge in [0.25, 0.3) is 0 Å². The molecule has 4 aliphatic heterocycles. The molecule has 39 heavy (non-hydrogen) atoms. The zero-order valence-corrected chi connectivity index (χ0v) is 25.8. The number of esters is 1. The van der Waals surface area contributed by atoms with Crippen LogP contribution in [0.4, 0.5) is 0 Å². The fourth-order valence-electron chi connectivity index (χ4n) is 7.73. The summed E-state index contributed by atoms with van der Waals surface area (Å²) in [4.78, 5) is 46.6. The van der Waals surface area contributed by atoms with Gasteiger partial charge in [-0.25, -0.2) is 0 Å². The average molecular weight is 561 g/mol. The first-order valence-electron chi connectivity index (χ1n) is 14.5. The summed E-state index contributed by atoms with van der Waals surface area (Å²) in [5.41, 5.74) is -0.471. The molecule has 1 spiro atoms. The van der Waals surface area contributed by atoms with Crippen LogP contribution in [-0.4, -0.2) is 79.6 Å². The molecule has 0 saturated carbocycles. The lowest BCUT2D eigenvalue weighted by Crippen LogP contribution is -2.60. The number of aliphatic hydroxyl groups is 1. The molecule has 4 heterocycles. The van der Waals surface area contributed by atoms with Crippen LogP contribution in [0.5, 0.6) is 0 Å². The van der Waals surface area contributed by atoms with Crippen LogP contribution in [0.25, 0.3) is 0 Å². The topological polar surface area (TPSA) is 87.2 Å². The Morgan fingerprint density at radius 2 is 1.77 bits per heavy atom. The van der Waals surface area contributed by atoms with Crippen molar-refractivity contribution in [2.45, 2.75) is 108 Å². The molecule has 2 saturated heterocycles. The maximum absolute atomic E-state index is 14.8. The van der Waals surface area contributed by atoms with Gasteiger partial charge in [-0.1, -0.05) is 58.9 Å². The van der Waals surface area contributed by atoms with E-state index in [9.17, 15) is 19.5 Å². The number of nitrogens with zero attached hydrogens (tertiary/aromatic N) is 2. The van der Waals surface area contributed by atoms with Gasteiger partial charge in [0, 0.05) is 16.8 Å². The number of allylic oxidation sites excluding steroid dienone is 1. The highest BCUT2D eigenvalue weighted by Crippen LogP contribution is 2.65. The number of carbonyl (C=O) groups is 3. The first-order valence-corrected chi connectivity index (χ1v) is 15.4. The third-order valence-electron chi connectivity index (χ3n) is 8.73. The van der Waals surface area contributed by atoms with Gasteiger partial charge in [0.1, 0.15) is 6.04 Å². The van der Waals surface area contributed by atoms with Gasteiger partial charge in [0.05, 0.1) is 35.8 Å².